The van der Waals surface area contributed by atoms with Crippen LogP contribution in [0.1, 0.15) is 12.8 Å². The first kappa shape index (κ1) is 11.6. The van der Waals surface area contributed by atoms with Crippen LogP contribution in [0.5, 0.6) is 0 Å². The van der Waals surface area contributed by atoms with E-state index in [2.05, 4.69) is 10.6 Å². The predicted octanol–water partition coefficient (Wildman–Crippen LogP) is 0.227. The normalized spacial score (nSPS) is 27.0. The van der Waals surface area contributed by atoms with Crippen LogP contribution in [0.2, 0.25) is 0 Å². The van der Waals surface area contributed by atoms with E-state index < -0.39 is 12.1 Å². The Morgan fingerprint density at radius 1 is 0.929 bits per heavy atom. The lowest BCUT2D eigenvalue weighted by Gasteiger charge is -2.28. The second-order valence-electron chi connectivity index (χ2n) is 3.08. The molecule has 1 aliphatic heterocycles. The summed E-state index contributed by atoms with van der Waals surface area (Å²) >= 11 is 11.0. The molecule has 1 heterocycles. The van der Waals surface area contributed by atoms with Crippen LogP contribution in [-0.4, -0.2) is 35.7 Å². The lowest BCUT2D eigenvalue weighted by Crippen LogP contribution is -2.61. The van der Waals surface area contributed by atoms with Crippen LogP contribution < -0.4 is 10.6 Å². The molecule has 0 bridgehead atoms. The maximum Gasteiger partial charge on any atom is 0.243 e. The molecule has 14 heavy (non-hydrogen) atoms. The minimum absolute atomic E-state index is 0.180. The maximum atomic E-state index is 11.4. The third kappa shape index (κ3) is 2.75. The average Bonchev–Trinajstić information content (AvgIpc) is 2.14. The number of amides is 2. The molecule has 0 aliphatic carbocycles. The van der Waals surface area contributed by atoms with Gasteiger partial charge in [0.15, 0.2) is 0 Å². The first-order valence-electron chi connectivity index (χ1n) is 4.41. The summed E-state index contributed by atoms with van der Waals surface area (Å²) in [5.41, 5.74) is 0. The molecule has 1 aliphatic rings. The van der Waals surface area contributed by atoms with E-state index in [0.717, 1.165) is 0 Å². The van der Waals surface area contributed by atoms with Gasteiger partial charge in [-0.1, -0.05) is 0 Å². The smallest absolute Gasteiger partial charge is 0.243 e. The van der Waals surface area contributed by atoms with E-state index in [1.165, 1.54) is 0 Å². The molecule has 1 rings (SSSR count). The summed E-state index contributed by atoms with van der Waals surface area (Å²) in [6, 6.07) is -0.988. The summed E-state index contributed by atoms with van der Waals surface area (Å²) in [4.78, 5) is 22.8. The van der Waals surface area contributed by atoms with Crippen molar-refractivity contribution in [2.24, 2.45) is 0 Å². The molecule has 1 unspecified atom stereocenters. The Hall–Kier alpha value is -0.480. The maximum absolute atomic E-state index is 11.4. The SMILES string of the molecule is O=C1N[C@@H](CCCl)C(=O)NC1CCCl. The summed E-state index contributed by atoms with van der Waals surface area (Å²) in [6.07, 6.45) is 0.902. The second kappa shape index (κ2) is 5.41. The van der Waals surface area contributed by atoms with E-state index in [1.807, 2.05) is 0 Å². The number of rotatable bonds is 4. The Bertz CT molecular complexity index is 211. The first-order chi connectivity index (χ1) is 6.69. The fourth-order valence-corrected chi connectivity index (χ4v) is 1.74. The van der Waals surface area contributed by atoms with Gasteiger partial charge < -0.3 is 10.6 Å². The van der Waals surface area contributed by atoms with Gasteiger partial charge in [-0.2, -0.15) is 0 Å². The minimum Gasteiger partial charge on any atom is -0.342 e. The van der Waals surface area contributed by atoms with Gasteiger partial charge >= 0.3 is 0 Å². The third-order valence-electron chi connectivity index (χ3n) is 2.06. The fraction of sp³-hybridized carbons (Fsp3) is 0.750. The van der Waals surface area contributed by atoms with Crippen LogP contribution in [0.25, 0.3) is 0 Å². The zero-order valence-electron chi connectivity index (χ0n) is 7.56. The van der Waals surface area contributed by atoms with Gasteiger partial charge in [0.2, 0.25) is 11.8 Å². The Morgan fingerprint density at radius 3 is 1.57 bits per heavy atom. The number of alkyl halides is 2. The predicted molar refractivity (Wildman–Crippen MR) is 54.5 cm³/mol. The number of hydrogen-bond acceptors (Lipinski definition) is 2. The van der Waals surface area contributed by atoms with Crippen molar-refractivity contribution >= 4 is 35.0 Å². The van der Waals surface area contributed by atoms with Crippen molar-refractivity contribution in [2.45, 2.75) is 24.9 Å². The van der Waals surface area contributed by atoms with E-state index in [-0.39, 0.29) is 11.8 Å². The molecule has 2 N–H and O–H groups in total. The highest BCUT2D eigenvalue weighted by atomic mass is 35.5. The lowest BCUT2D eigenvalue weighted by atomic mass is 10.1. The van der Waals surface area contributed by atoms with E-state index >= 15 is 0 Å². The Balaban J connectivity index is 2.53. The quantitative estimate of drug-likeness (QED) is 0.690. The number of halogens is 2. The summed E-state index contributed by atoms with van der Waals surface area (Å²) in [5, 5.41) is 5.22. The van der Waals surface area contributed by atoms with Crippen molar-refractivity contribution in [3.05, 3.63) is 0 Å². The van der Waals surface area contributed by atoms with Gasteiger partial charge in [-0.15, -0.1) is 23.2 Å². The number of hydrogen-bond donors (Lipinski definition) is 2. The summed E-state index contributed by atoms with van der Waals surface area (Å²) in [6.45, 7) is 0. The van der Waals surface area contributed by atoms with Gasteiger partial charge in [-0.05, 0) is 12.8 Å². The van der Waals surface area contributed by atoms with E-state index in [9.17, 15) is 9.59 Å². The van der Waals surface area contributed by atoms with Crippen molar-refractivity contribution in [3.63, 3.8) is 0 Å². The minimum atomic E-state index is -0.494. The molecule has 80 valence electrons. The Kier molecular flexibility index (Phi) is 4.48. The van der Waals surface area contributed by atoms with Crippen LogP contribution in [0.3, 0.4) is 0 Å². The molecule has 0 aromatic heterocycles. The van der Waals surface area contributed by atoms with Crippen LogP contribution in [0.4, 0.5) is 0 Å². The van der Waals surface area contributed by atoms with Crippen LogP contribution in [0, 0.1) is 0 Å². The van der Waals surface area contributed by atoms with Gasteiger partial charge in [0, 0.05) is 11.8 Å². The molecule has 1 fully saturated rings. The van der Waals surface area contributed by atoms with Gasteiger partial charge in [0.1, 0.15) is 12.1 Å². The van der Waals surface area contributed by atoms with E-state index in [4.69, 9.17) is 23.2 Å². The van der Waals surface area contributed by atoms with Gasteiger partial charge in [-0.3, -0.25) is 9.59 Å². The van der Waals surface area contributed by atoms with Gasteiger partial charge in [0.25, 0.3) is 0 Å². The standard InChI is InChI=1S/C8H12Cl2N2O2/c9-3-1-5-7(13)12-6(2-4-10)8(14)11-5/h5-6H,1-4H2,(H,11,14)(H,12,13)/t5-,6?/m0/s1. The highest BCUT2D eigenvalue weighted by Gasteiger charge is 2.32. The lowest BCUT2D eigenvalue weighted by molar-refractivity contribution is -0.136. The van der Waals surface area contributed by atoms with Crippen molar-refractivity contribution in [1.82, 2.24) is 10.6 Å². The highest BCUT2D eigenvalue weighted by Crippen LogP contribution is 2.05. The average molecular weight is 239 g/mol. The molecular formula is C8H12Cl2N2O2. The molecule has 0 radical (unpaired) electrons. The zero-order chi connectivity index (χ0) is 10.6. The zero-order valence-corrected chi connectivity index (χ0v) is 9.07. The molecule has 2 atom stereocenters. The molecule has 1 saturated heterocycles. The topological polar surface area (TPSA) is 58.2 Å². The molecule has 6 heteroatoms. The van der Waals surface area contributed by atoms with Crippen molar-refractivity contribution in [1.29, 1.82) is 0 Å². The largest absolute Gasteiger partial charge is 0.342 e. The number of piperazine rings is 1. The molecule has 0 saturated carbocycles. The molecular weight excluding hydrogens is 227 g/mol. The second-order valence-corrected chi connectivity index (χ2v) is 3.83. The molecule has 0 aromatic rings. The Morgan fingerprint density at radius 2 is 1.29 bits per heavy atom. The number of carbonyl (C=O) groups excluding carboxylic acids is 2. The number of nitrogens with one attached hydrogen (secondary N) is 2. The van der Waals surface area contributed by atoms with Crippen molar-refractivity contribution in [3.8, 4) is 0 Å². The molecule has 4 nitrogen and oxygen atoms in total. The highest BCUT2D eigenvalue weighted by molar-refractivity contribution is 6.18. The van der Waals surface area contributed by atoms with Gasteiger partial charge in [-0.25, -0.2) is 0 Å². The molecule has 0 aromatic carbocycles. The van der Waals surface area contributed by atoms with Crippen molar-refractivity contribution < 1.29 is 9.59 Å². The Labute approximate surface area is 92.3 Å². The molecule has 0 spiro atoms. The molecule has 2 amide bonds. The van der Waals surface area contributed by atoms with Crippen LogP contribution >= 0.6 is 23.2 Å². The monoisotopic (exact) mass is 238 g/mol. The third-order valence-corrected chi connectivity index (χ3v) is 2.50. The van der Waals surface area contributed by atoms with Gasteiger partial charge in [0.05, 0.1) is 0 Å². The number of carbonyl (C=O) groups is 2. The van der Waals surface area contributed by atoms with E-state index in [0.29, 0.717) is 24.6 Å². The van der Waals surface area contributed by atoms with Crippen LogP contribution in [-0.2, 0) is 9.59 Å². The summed E-state index contributed by atoms with van der Waals surface area (Å²) < 4.78 is 0. The van der Waals surface area contributed by atoms with Crippen molar-refractivity contribution in [2.75, 3.05) is 11.8 Å². The van der Waals surface area contributed by atoms with E-state index in [1.54, 1.807) is 0 Å². The summed E-state index contributed by atoms with van der Waals surface area (Å²) in [5.74, 6) is 0.331. The van der Waals surface area contributed by atoms with Crippen LogP contribution in [0.15, 0.2) is 0 Å². The fourth-order valence-electron chi connectivity index (χ4n) is 1.30. The summed E-state index contributed by atoms with van der Waals surface area (Å²) in [7, 11) is 0. The first-order valence-corrected chi connectivity index (χ1v) is 5.48.